The molecule has 2 aromatic rings. The zero-order chi connectivity index (χ0) is 32.1. The number of ketones is 1. The summed E-state index contributed by atoms with van der Waals surface area (Å²) in [6.45, 7) is 2.98. The Morgan fingerprint density at radius 3 is 2.69 bits per heavy atom. The van der Waals surface area contributed by atoms with Crippen LogP contribution in [0.4, 0.5) is 0 Å². The SMILES string of the molecule is C[C@]12CC/C(=N/OCC(=O)N[C@@H](Cc3c[nH]c4ccccc34)C(=O)O)C=C1CC[C@@H]1[C@@H]2[C@H](O)C[C@@]2(C)[C@H]1CC[C@]2(O)C(=O)CO. The molecule has 11 heteroatoms. The maximum absolute atomic E-state index is 12.6. The van der Waals surface area contributed by atoms with Gasteiger partial charge in [0.1, 0.15) is 18.2 Å². The number of hydrogen-bond acceptors (Lipinski definition) is 8. The van der Waals surface area contributed by atoms with E-state index in [-0.39, 0.29) is 29.6 Å². The Hall–Kier alpha value is -3.54. The fraction of sp³-hybridized carbons (Fsp3) is 0.588. The summed E-state index contributed by atoms with van der Waals surface area (Å²) < 4.78 is 0. The predicted octanol–water partition coefficient (Wildman–Crippen LogP) is 2.88. The number of benzene rings is 1. The Bertz CT molecular complexity index is 1570. The lowest BCUT2D eigenvalue weighted by Crippen LogP contribution is -2.62. The second kappa shape index (κ2) is 11.7. The third-order valence-corrected chi connectivity index (χ3v) is 11.8. The van der Waals surface area contributed by atoms with Crippen molar-refractivity contribution in [3.05, 3.63) is 47.7 Å². The molecular weight excluding hydrogens is 578 g/mol. The molecular formula is C34H43N3O8. The quantitative estimate of drug-likeness (QED) is 0.231. The van der Waals surface area contributed by atoms with E-state index >= 15 is 0 Å². The molecule has 0 radical (unpaired) electrons. The maximum atomic E-state index is 12.6. The van der Waals surface area contributed by atoms with Crippen LogP contribution in [0.25, 0.3) is 10.9 Å². The van der Waals surface area contributed by atoms with Crippen molar-refractivity contribution in [2.24, 2.45) is 33.7 Å². The van der Waals surface area contributed by atoms with E-state index in [0.29, 0.717) is 31.4 Å². The van der Waals surface area contributed by atoms with Gasteiger partial charge in [0.25, 0.3) is 5.91 Å². The minimum Gasteiger partial charge on any atom is -0.480 e. The Morgan fingerprint density at radius 2 is 1.93 bits per heavy atom. The standard InChI is InChI=1S/C34H43N3O8/c1-32-11-9-21(37-45-18-29(41)36-26(31(42)43)13-19-16-35-25-6-4-3-5-22(19)25)14-20(32)7-8-23-24-10-12-34(44,28(40)17-38)33(24,2)15-27(39)30(23)32/h3-6,14,16,23-24,26-27,30,35,38-39,44H,7-13,15,17-18H2,1-2H3,(H,36,41)(H,42,43)/b37-21-/t23-,24-,26-,27+,30+,32-,33-,34-/m0/s1. The molecule has 0 saturated heterocycles. The molecule has 8 atom stereocenters. The molecule has 3 fully saturated rings. The number of carbonyl (C=O) groups is 3. The molecule has 1 amide bonds. The van der Waals surface area contributed by atoms with Gasteiger partial charge in [-0.3, -0.25) is 9.59 Å². The van der Waals surface area contributed by atoms with Crippen LogP contribution < -0.4 is 5.32 Å². The molecule has 0 bridgehead atoms. The molecule has 4 aliphatic carbocycles. The van der Waals surface area contributed by atoms with Crippen molar-refractivity contribution < 1.29 is 39.6 Å². The van der Waals surface area contributed by atoms with Crippen LogP contribution in [0.2, 0.25) is 0 Å². The van der Waals surface area contributed by atoms with Crippen molar-refractivity contribution in [3.63, 3.8) is 0 Å². The first-order chi connectivity index (χ1) is 21.4. The summed E-state index contributed by atoms with van der Waals surface area (Å²) in [7, 11) is 0. The van der Waals surface area contributed by atoms with E-state index in [9.17, 15) is 34.8 Å². The number of carboxylic acid groups (broad SMARTS) is 1. The lowest BCUT2D eigenvalue weighted by atomic mass is 9.45. The summed E-state index contributed by atoms with van der Waals surface area (Å²) in [5.74, 6) is -2.08. The molecule has 3 saturated carbocycles. The van der Waals surface area contributed by atoms with E-state index < -0.39 is 54.0 Å². The Kier molecular flexibility index (Phi) is 8.16. The number of Topliss-reactive ketones (excluding diaryl/α,β-unsaturated/α-hetero) is 1. The van der Waals surface area contributed by atoms with Gasteiger partial charge < -0.3 is 35.6 Å². The number of allylic oxidation sites excluding steroid dienone is 2. The number of rotatable bonds is 9. The normalized spacial score (nSPS) is 35.6. The van der Waals surface area contributed by atoms with Gasteiger partial charge in [-0.15, -0.1) is 0 Å². The number of aliphatic carboxylic acids is 1. The molecule has 0 aliphatic heterocycles. The summed E-state index contributed by atoms with van der Waals surface area (Å²) >= 11 is 0. The molecule has 4 aliphatic rings. The van der Waals surface area contributed by atoms with Crippen LogP contribution in [0.1, 0.15) is 64.4 Å². The molecule has 45 heavy (non-hydrogen) atoms. The van der Waals surface area contributed by atoms with Crippen molar-refractivity contribution in [2.75, 3.05) is 13.2 Å². The molecule has 1 aromatic heterocycles. The monoisotopic (exact) mass is 621 g/mol. The van der Waals surface area contributed by atoms with Crippen LogP contribution >= 0.6 is 0 Å². The van der Waals surface area contributed by atoms with E-state index in [4.69, 9.17) is 4.84 Å². The Labute approximate surface area is 261 Å². The van der Waals surface area contributed by atoms with Gasteiger partial charge in [0.15, 0.2) is 12.4 Å². The predicted molar refractivity (Wildman–Crippen MR) is 165 cm³/mol. The molecule has 11 nitrogen and oxygen atoms in total. The van der Waals surface area contributed by atoms with Crippen LogP contribution in [0, 0.1) is 28.6 Å². The van der Waals surface area contributed by atoms with E-state index in [0.717, 1.165) is 35.7 Å². The van der Waals surface area contributed by atoms with Crippen molar-refractivity contribution in [1.29, 1.82) is 0 Å². The number of H-pyrrole nitrogens is 1. The van der Waals surface area contributed by atoms with Gasteiger partial charge in [0.2, 0.25) is 0 Å². The van der Waals surface area contributed by atoms with Crippen molar-refractivity contribution in [1.82, 2.24) is 10.3 Å². The van der Waals surface area contributed by atoms with Crippen LogP contribution in [0.5, 0.6) is 0 Å². The minimum absolute atomic E-state index is 0.0273. The summed E-state index contributed by atoms with van der Waals surface area (Å²) in [6.07, 6.45) is 7.41. The third kappa shape index (κ3) is 5.18. The molecule has 1 heterocycles. The number of nitrogens with zero attached hydrogens (tertiary/aromatic N) is 1. The number of amides is 1. The number of para-hydroxylation sites is 1. The second-order valence-corrected chi connectivity index (χ2v) is 14.0. The van der Waals surface area contributed by atoms with Gasteiger partial charge in [-0.2, -0.15) is 0 Å². The zero-order valence-electron chi connectivity index (χ0n) is 25.8. The molecule has 6 N–H and O–H groups in total. The second-order valence-electron chi connectivity index (χ2n) is 14.0. The van der Waals surface area contributed by atoms with Gasteiger partial charge in [0.05, 0.1) is 11.8 Å². The summed E-state index contributed by atoms with van der Waals surface area (Å²) in [6, 6.07) is 6.45. The minimum atomic E-state index is -1.62. The first-order valence-electron chi connectivity index (χ1n) is 15.9. The number of aliphatic hydroxyl groups excluding tert-OH is 2. The Morgan fingerprint density at radius 1 is 1.16 bits per heavy atom. The molecule has 6 rings (SSSR count). The Balaban J connectivity index is 1.09. The maximum Gasteiger partial charge on any atom is 0.326 e. The highest BCUT2D eigenvalue weighted by atomic mass is 16.6. The summed E-state index contributed by atoms with van der Waals surface area (Å²) in [4.78, 5) is 45.7. The first-order valence-corrected chi connectivity index (χ1v) is 15.9. The topological polar surface area (TPSA) is 182 Å². The largest absolute Gasteiger partial charge is 0.480 e. The van der Waals surface area contributed by atoms with Crippen molar-refractivity contribution in [3.8, 4) is 0 Å². The highest BCUT2D eigenvalue weighted by molar-refractivity contribution is 5.96. The number of aliphatic hydroxyl groups is 3. The zero-order valence-corrected chi connectivity index (χ0v) is 25.8. The number of carboxylic acids is 1. The van der Waals surface area contributed by atoms with Crippen molar-refractivity contribution >= 4 is 34.3 Å². The average Bonchev–Trinajstić information content (AvgIpc) is 3.54. The fourth-order valence-electron chi connectivity index (χ4n) is 9.49. The number of aromatic amines is 1. The van der Waals surface area contributed by atoms with E-state index in [2.05, 4.69) is 22.4 Å². The van der Waals surface area contributed by atoms with Gasteiger partial charge in [-0.05, 0) is 85.8 Å². The number of aromatic nitrogens is 1. The van der Waals surface area contributed by atoms with Gasteiger partial charge in [-0.25, -0.2) is 4.79 Å². The van der Waals surface area contributed by atoms with Gasteiger partial charge >= 0.3 is 5.97 Å². The molecule has 1 aromatic carbocycles. The first kappa shape index (κ1) is 31.4. The number of carbonyl (C=O) groups excluding carboxylic acids is 2. The van der Waals surface area contributed by atoms with E-state index in [1.54, 1.807) is 6.20 Å². The lowest BCUT2D eigenvalue weighted by molar-refractivity contribution is -0.181. The average molecular weight is 622 g/mol. The molecule has 0 unspecified atom stereocenters. The van der Waals surface area contributed by atoms with Crippen LogP contribution in [-0.4, -0.2) is 79.7 Å². The highest BCUT2D eigenvalue weighted by Crippen LogP contribution is 2.67. The van der Waals surface area contributed by atoms with E-state index in [1.165, 1.54) is 5.57 Å². The van der Waals surface area contributed by atoms with Crippen molar-refractivity contribution in [2.45, 2.75) is 83.0 Å². The smallest absolute Gasteiger partial charge is 0.326 e. The number of hydrogen-bond donors (Lipinski definition) is 6. The van der Waals surface area contributed by atoms with Crippen LogP contribution in [0.3, 0.4) is 0 Å². The van der Waals surface area contributed by atoms with Gasteiger partial charge in [-0.1, -0.05) is 42.8 Å². The highest BCUT2D eigenvalue weighted by Gasteiger charge is 2.68. The number of nitrogens with one attached hydrogen (secondary N) is 2. The van der Waals surface area contributed by atoms with Gasteiger partial charge in [0, 0.05) is 28.9 Å². The number of oxime groups is 1. The third-order valence-electron chi connectivity index (χ3n) is 11.8. The lowest BCUT2D eigenvalue weighted by Gasteiger charge is -2.60. The van der Waals surface area contributed by atoms with Crippen LogP contribution in [0.15, 0.2) is 47.3 Å². The number of fused-ring (bicyclic) bond motifs is 6. The molecule has 242 valence electrons. The fourth-order valence-corrected chi connectivity index (χ4v) is 9.49. The van der Waals surface area contributed by atoms with E-state index in [1.807, 2.05) is 37.3 Å². The van der Waals surface area contributed by atoms with Crippen LogP contribution in [-0.2, 0) is 25.6 Å². The summed E-state index contributed by atoms with van der Waals surface area (Å²) in [5, 5.41) is 49.9. The summed E-state index contributed by atoms with van der Waals surface area (Å²) in [5.41, 5.74) is 0.877. The molecule has 0 spiro atoms.